The molecule has 0 bridgehead atoms. The topological polar surface area (TPSA) is 75.1 Å². The van der Waals surface area contributed by atoms with Gasteiger partial charge in [0.25, 0.3) is 5.60 Å². The molecule has 0 aromatic heterocycles. The molecule has 3 aliphatic heterocycles. The number of likely N-dealkylation sites (tertiary alicyclic amines) is 1. The maximum absolute atomic E-state index is 12.2. The van der Waals surface area contributed by atoms with E-state index in [1.165, 1.54) is 0 Å². The summed E-state index contributed by atoms with van der Waals surface area (Å²) in [5, 5.41) is 9.47. The molecule has 0 saturated carbocycles. The minimum absolute atomic E-state index is 0.0544. The Bertz CT molecular complexity index is 727. The van der Waals surface area contributed by atoms with Crippen molar-refractivity contribution in [2.45, 2.75) is 36.2 Å². The van der Waals surface area contributed by atoms with Crippen molar-refractivity contribution in [2.75, 3.05) is 20.7 Å². The molecule has 3 heterocycles. The largest absolute Gasteiger partial charge is 0.497 e. The zero-order valence-corrected chi connectivity index (χ0v) is 13.3. The second-order valence-corrected chi connectivity index (χ2v) is 6.75. The van der Waals surface area contributed by atoms with Gasteiger partial charge in [0.1, 0.15) is 11.8 Å². The Morgan fingerprint density at radius 3 is 2.65 bits per heavy atom. The summed E-state index contributed by atoms with van der Waals surface area (Å²) < 4.78 is 16.5. The normalized spacial score (nSPS) is 41.5. The fourth-order valence-electron chi connectivity index (χ4n) is 4.21. The van der Waals surface area contributed by atoms with Crippen LogP contribution in [0.2, 0.25) is 0 Å². The molecule has 0 unspecified atom stereocenters. The van der Waals surface area contributed by atoms with Crippen LogP contribution in [0.5, 0.6) is 5.75 Å². The van der Waals surface area contributed by atoms with Crippen LogP contribution in [0.15, 0.2) is 24.3 Å². The highest BCUT2D eigenvalue weighted by atomic mass is 16.7. The number of piperidine rings is 1. The molecule has 3 saturated heterocycles. The molecule has 0 amide bonds. The monoisotopic (exact) mass is 314 g/mol. The summed E-state index contributed by atoms with van der Waals surface area (Å²) in [5.74, 6) is 0.245. The van der Waals surface area contributed by atoms with Crippen LogP contribution < -0.4 is 4.74 Å². The smallest absolute Gasteiger partial charge is 0.357 e. The Hall–Kier alpha value is -2.10. The Labute approximate surface area is 134 Å². The van der Waals surface area contributed by atoms with E-state index in [2.05, 4.69) is 4.90 Å². The highest BCUT2D eigenvalue weighted by Gasteiger charge is 2.90. The molecule has 6 nitrogen and oxygen atoms in total. The Kier molecular flexibility index (Phi) is 2.68. The van der Waals surface area contributed by atoms with Crippen molar-refractivity contribution in [3.63, 3.8) is 0 Å². The summed E-state index contributed by atoms with van der Waals surface area (Å²) in [6.07, 6.45) is 0.547. The summed E-state index contributed by atoms with van der Waals surface area (Å²) in [6.45, 7) is 2.39. The zero-order valence-electron chi connectivity index (χ0n) is 13.3. The third kappa shape index (κ3) is 1.56. The molecule has 0 N–H and O–H groups in total. The van der Waals surface area contributed by atoms with Crippen LogP contribution in [0.4, 0.5) is 0 Å². The van der Waals surface area contributed by atoms with E-state index in [-0.39, 0.29) is 6.04 Å². The Balaban J connectivity index is 1.70. The first kappa shape index (κ1) is 14.5. The number of ether oxygens (including phenoxy) is 3. The molecule has 4 atom stereocenters. The van der Waals surface area contributed by atoms with Crippen LogP contribution in [0.25, 0.3) is 0 Å². The van der Waals surface area contributed by atoms with Crippen LogP contribution >= 0.6 is 0 Å². The van der Waals surface area contributed by atoms with Crippen LogP contribution in [0.1, 0.15) is 24.9 Å². The number of carbonyl (C=O) groups is 1. The van der Waals surface area contributed by atoms with Gasteiger partial charge in [0.15, 0.2) is 11.2 Å². The Morgan fingerprint density at radius 2 is 2.09 bits per heavy atom. The number of epoxide rings is 1. The van der Waals surface area contributed by atoms with Gasteiger partial charge in [-0.3, -0.25) is 4.90 Å². The van der Waals surface area contributed by atoms with Crippen LogP contribution in [0, 0.1) is 11.3 Å². The van der Waals surface area contributed by atoms with Crippen molar-refractivity contribution in [3.05, 3.63) is 29.8 Å². The number of methoxy groups -OCH3 is 1. The number of nitriles is 1. The third-order valence-electron chi connectivity index (χ3n) is 5.54. The molecule has 1 aromatic carbocycles. The van der Waals surface area contributed by atoms with E-state index < -0.39 is 22.8 Å². The molecule has 23 heavy (non-hydrogen) atoms. The van der Waals surface area contributed by atoms with Gasteiger partial charge in [-0.1, -0.05) is 12.1 Å². The van der Waals surface area contributed by atoms with Crippen molar-refractivity contribution in [2.24, 2.45) is 0 Å². The lowest BCUT2D eigenvalue weighted by atomic mass is 9.73. The average Bonchev–Trinajstić information content (AvgIpc) is 3.17. The highest BCUT2D eigenvalue weighted by molar-refractivity contribution is 5.93. The first-order valence-corrected chi connectivity index (χ1v) is 7.60. The van der Waals surface area contributed by atoms with Crippen molar-refractivity contribution in [1.29, 1.82) is 5.26 Å². The van der Waals surface area contributed by atoms with Gasteiger partial charge in [0.05, 0.1) is 7.11 Å². The van der Waals surface area contributed by atoms with Gasteiger partial charge in [-0.2, -0.15) is 5.26 Å². The highest BCUT2D eigenvalue weighted by Crippen LogP contribution is 2.67. The van der Waals surface area contributed by atoms with Gasteiger partial charge in [0, 0.05) is 19.0 Å². The zero-order chi connectivity index (χ0) is 16.5. The van der Waals surface area contributed by atoms with Crippen molar-refractivity contribution in [1.82, 2.24) is 4.90 Å². The number of nitrogens with zero attached hydrogens (tertiary/aromatic N) is 2. The fourth-order valence-corrected chi connectivity index (χ4v) is 4.21. The summed E-state index contributed by atoms with van der Waals surface area (Å²) in [4.78, 5) is 14.3. The van der Waals surface area contributed by atoms with E-state index >= 15 is 0 Å². The minimum Gasteiger partial charge on any atom is -0.497 e. The van der Waals surface area contributed by atoms with Crippen molar-refractivity contribution in [3.8, 4) is 11.8 Å². The molecule has 0 aliphatic carbocycles. The molecular weight excluding hydrogens is 296 g/mol. The SMILES string of the molecule is COc1ccc([C@@H]2C[C@]34O[C@@]3(C#N)C(=O)O[C@]4(C)CN2C)cc1. The number of likely N-dealkylation sites (N-methyl/N-ethyl adjacent to an activating group) is 1. The maximum atomic E-state index is 12.2. The first-order valence-electron chi connectivity index (χ1n) is 7.60. The predicted molar refractivity (Wildman–Crippen MR) is 79.6 cm³/mol. The van der Waals surface area contributed by atoms with Gasteiger partial charge in [-0.15, -0.1) is 0 Å². The molecule has 6 heteroatoms. The lowest BCUT2D eigenvalue weighted by Crippen LogP contribution is -2.57. The van der Waals surface area contributed by atoms with E-state index in [0.717, 1.165) is 11.3 Å². The number of rotatable bonds is 2. The number of carbonyl (C=O) groups excluding carboxylic acids is 1. The molecule has 1 spiro atoms. The average molecular weight is 314 g/mol. The van der Waals surface area contributed by atoms with Gasteiger partial charge in [-0.25, -0.2) is 4.79 Å². The second-order valence-electron chi connectivity index (χ2n) is 6.75. The van der Waals surface area contributed by atoms with Crippen LogP contribution in [-0.2, 0) is 14.3 Å². The number of esters is 1. The minimum atomic E-state index is -1.42. The molecule has 3 fully saturated rings. The molecule has 1 aromatic rings. The number of hydrogen-bond acceptors (Lipinski definition) is 6. The van der Waals surface area contributed by atoms with E-state index in [1.54, 1.807) is 7.11 Å². The molecular formula is C17H18N2O4. The lowest BCUT2D eigenvalue weighted by molar-refractivity contribution is -0.173. The summed E-state index contributed by atoms with van der Waals surface area (Å²) >= 11 is 0. The Morgan fingerprint density at radius 1 is 1.39 bits per heavy atom. The van der Waals surface area contributed by atoms with Gasteiger partial charge < -0.3 is 14.2 Å². The van der Waals surface area contributed by atoms with E-state index in [0.29, 0.717) is 13.0 Å². The molecule has 0 radical (unpaired) electrons. The third-order valence-corrected chi connectivity index (χ3v) is 5.54. The van der Waals surface area contributed by atoms with Gasteiger partial charge in [0.2, 0.25) is 0 Å². The van der Waals surface area contributed by atoms with Gasteiger partial charge >= 0.3 is 5.97 Å². The maximum Gasteiger partial charge on any atom is 0.357 e. The lowest BCUT2D eigenvalue weighted by Gasteiger charge is -2.44. The molecule has 4 rings (SSSR count). The first-order chi connectivity index (χ1) is 10.9. The summed E-state index contributed by atoms with van der Waals surface area (Å²) in [6, 6.07) is 9.94. The van der Waals surface area contributed by atoms with Crippen LogP contribution in [-0.4, -0.2) is 48.4 Å². The number of hydrogen-bond donors (Lipinski definition) is 0. The van der Waals surface area contributed by atoms with Crippen LogP contribution in [0.3, 0.4) is 0 Å². The van der Waals surface area contributed by atoms with Crippen molar-refractivity contribution >= 4 is 5.97 Å². The fraction of sp³-hybridized carbons (Fsp3) is 0.529. The van der Waals surface area contributed by atoms with E-state index in [9.17, 15) is 10.1 Å². The molecule has 3 aliphatic rings. The van der Waals surface area contributed by atoms with Crippen molar-refractivity contribution < 1.29 is 19.0 Å². The van der Waals surface area contributed by atoms with E-state index in [4.69, 9.17) is 14.2 Å². The predicted octanol–water partition coefficient (Wildman–Crippen LogP) is 1.42. The molecule has 120 valence electrons. The quantitative estimate of drug-likeness (QED) is 0.607. The second kappa shape index (κ2) is 4.25. The number of benzene rings is 1. The standard InChI is InChI=1S/C17H18N2O4/c1-15-10-19(2)13(11-4-6-12(21-3)7-5-11)8-17(15)16(9-18,23-17)14(20)22-15/h4-7,13H,8,10H2,1-3H3/t13-,15+,16-,17+/m0/s1. The summed E-state index contributed by atoms with van der Waals surface area (Å²) in [7, 11) is 3.63. The van der Waals surface area contributed by atoms with E-state index in [1.807, 2.05) is 44.3 Å². The summed E-state index contributed by atoms with van der Waals surface area (Å²) in [5.41, 5.74) is -1.94. The van der Waals surface area contributed by atoms with Gasteiger partial charge in [-0.05, 0) is 31.7 Å².